The van der Waals surface area contributed by atoms with Crippen LogP contribution in [0.15, 0.2) is 24.3 Å². The lowest BCUT2D eigenvalue weighted by Gasteiger charge is -2.32. The molecule has 1 aliphatic carbocycles. The third-order valence-electron chi connectivity index (χ3n) is 5.36. The zero-order valence-corrected chi connectivity index (χ0v) is 16.3. The Labute approximate surface area is 169 Å². The molecule has 3 rings (SSSR count). The third-order valence-corrected chi connectivity index (χ3v) is 5.36. The molecule has 9 heteroatoms. The molecule has 1 aromatic carbocycles. The van der Waals surface area contributed by atoms with E-state index in [1.165, 1.54) is 30.7 Å². The Morgan fingerprint density at radius 1 is 1.14 bits per heavy atom. The average molecular weight is 406 g/mol. The van der Waals surface area contributed by atoms with Crippen LogP contribution in [0.4, 0.5) is 10.5 Å². The number of nitro groups is 1. The van der Waals surface area contributed by atoms with Gasteiger partial charge >= 0.3 is 6.16 Å². The van der Waals surface area contributed by atoms with Crippen LogP contribution in [0.1, 0.15) is 38.5 Å². The number of rotatable bonds is 6. The van der Waals surface area contributed by atoms with Crippen molar-refractivity contribution in [3.63, 3.8) is 0 Å². The zero-order chi connectivity index (χ0) is 20.6. The van der Waals surface area contributed by atoms with E-state index in [-0.39, 0.29) is 17.3 Å². The number of carbonyl (C=O) groups excluding carboxylic acids is 2. The van der Waals surface area contributed by atoms with E-state index in [2.05, 4.69) is 0 Å². The van der Waals surface area contributed by atoms with Gasteiger partial charge in [0.05, 0.1) is 18.1 Å². The van der Waals surface area contributed by atoms with Crippen LogP contribution in [0.3, 0.4) is 0 Å². The highest BCUT2D eigenvalue weighted by Crippen LogP contribution is 2.29. The van der Waals surface area contributed by atoms with Crippen LogP contribution in [-0.2, 0) is 14.3 Å². The van der Waals surface area contributed by atoms with Crippen LogP contribution in [0, 0.1) is 16.0 Å². The van der Waals surface area contributed by atoms with Gasteiger partial charge in [-0.1, -0.05) is 32.1 Å². The molecular formula is C20H26N2O7. The molecular weight excluding hydrogens is 380 g/mol. The molecule has 9 nitrogen and oxygen atoms in total. The Balaban J connectivity index is 1.63. The monoisotopic (exact) mass is 406 g/mol. The normalized spacial score (nSPS) is 18.7. The van der Waals surface area contributed by atoms with E-state index >= 15 is 0 Å². The zero-order valence-electron chi connectivity index (χ0n) is 16.3. The first-order chi connectivity index (χ1) is 14.0. The number of nitrogens with zero attached hydrogens (tertiary/aromatic N) is 2. The number of hydrogen-bond donors (Lipinski definition) is 0. The van der Waals surface area contributed by atoms with Crippen LogP contribution in [0.25, 0.3) is 0 Å². The van der Waals surface area contributed by atoms with Gasteiger partial charge in [0.25, 0.3) is 11.6 Å². The number of ether oxygens (including phenoxy) is 3. The van der Waals surface area contributed by atoms with E-state index in [1.807, 2.05) is 0 Å². The SMILES string of the molecule is O=C(Oc1ccc([N+](=O)[O-])cc1)OC(CC1CCCCC1)C(=O)N1CCOCC1. The quantitative estimate of drug-likeness (QED) is 0.309. The van der Waals surface area contributed by atoms with Crippen molar-refractivity contribution in [1.29, 1.82) is 0 Å². The van der Waals surface area contributed by atoms with Gasteiger partial charge in [-0.3, -0.25) is 14.9 Å². The second-order valence-electron chi connectivity index (χ2n) is 7.39. The number of benzene rings is 1. The van der Waals surface area contributed by atoms with E-state index < -0.39 is 17.2 Å². The molecule has 1 aromatic rings. The first-order valence-electron chi connectivity index (χ1n) is 10.0. The van der Waals surface area contributed by atoms with Crippen LogP contribution in [0.2, 0.25) is 0 Å². The standard InChI is InChI=1S/C20H26N2O7/c23-19(21-10-12-27-13-11-21)18(14-15-4-2-1-3-5-15)29-20(24)28-17-8-6-16(7-9-17)22(25)26/h6-9,15,18H,1-5,10-14H2. The fourth-order valence-corrected chi connectivity index (χ4v) is 3.78. The third kappa shape index (κ3) is 6.15. The number of hydrogen-bond acceptors (Lipinski definition) is 7. The fraction of sp³-hybridized carbons (Fsp3) is 0.600. The summed E-state index contributed by atoms with van der Waals surface area (Å²) in [6.45, 7) is 1.88. The highest BCUT2D eigenvalue weighted by molar-refractivity contribution is 5.83. The minimum absolute atomic E-state index is 0.108. The largest absolute Gasteiger partial charge is 0.514 e. The first-order valence-corrected chi connectivity index (χ1v) is 10.0. The van der Waals surface area contributed by atoms with Gasteiger partial charge in [-0.25, -0.2) is 4.79 Å². The lowest BCUT2D eigenvalue weighted by Crippen LogP contribution is -2.47. The van der Waals surface area contributed by atoms with Gasteiger partial charge in [0, 0.05) is 25.2 Å². The molecule has 1 saturated heterocycles. The summed E-state index contributed by atoms with van der Waals surface area (Å²) >= 11 is 0. The summed E-state index contributed by atoms with van der Waals surface area (Å²) in [5.74, 6) is 0.237. The van der Waals surface area contributed by atoms with Gasteiger partial charge in [-0.15, -0.1) is 0 Å². The van der Waals surface area contributed by atoms with Gasteiger partial charge in [0.2, 0.25) is 0 Å². The number of amides is 1. The van der Waals surface area contributed by atoms with Gasteiger partial charge in [0.1, 0.15) is 5.75 Å². The van der Waals surface area contributed by atoms with Gasteiger partial charge in [0.15, 0.2) is 6.10 Å². The maximum absolute atomic E-state index is 12.9. The smallest absolute Gasteiger partial charge is 0.421 e. The topological polar surface area (TPSA) is 108 Å². The molecule has 1 amide bonds. The van der Waals surface area contributed by atoms with Crippen molar-refractivity contribution in [2.45, 2.75) is 44.6 Å². The Morgan fingerprint density at radius 2 is 1.79 bits per heavy atom. The Hall–Kier alpha value is -2.68. The molecule has 0 aromatic heterocycles. The summed E-state index contributed by atoms with van der Waals surface area (Å²) in [7, 11) is 0. The number of nitro benzene ring substituents is 1. The molecule has 1 heterocycles. The second-order valence-corrected chi connectivity index (χ2v) is 7.39. The fourth-order valence-electron chi connectivity index (χ4n) is 3.78. The van der Waals surface area contributed by atoms with Crippen molar-refractivity contribution >= 4 is 17.7 Å². The molecule has 1 aliphatic heterocycles. The number of carbonyl (C=O) groups is 2. The molecule has 2 aliphatic rings. The highest BCUT2D eigenvalue weighted by atomic mass is 16.7. The van der Waals surface area contributed by atoms with Crippen LogP contribution in [0.5, 0.6) is 5.75 Å². The molecule has 0 N–H and O–H groups in total. The molecule has 1 unspecified atom stereocenters. The molecule has 0 spiro atoms. The minimum Gasteiger partial charge on any atom is -0.421 e. The van der Waals surface area contributed by atoms with Gasteiger partial charge in [-0.2, -0.15) is 0 Å². The van der Waals surface area contributed by atoms with Crippen LogP contribution >= 0.6 is 0 Å². The average Bonchev–Trinajstić information content (AvgIpc) is 2.74. The van der Waals surface area contributed by atoms with Crippen molar-refractivity contribution < 1.29 is 28.7 Å². The maximum Gasteiger partial charge on any atom is 0.514 e. The Morgan fingerprint density at radius 3 is 2.41 bits per heavy atom. The summed E-state index contributed by atoms with van der Waals surface area (Å²) in [4.78, 5) is 37.1. The second kappa shape index (κ2) is 10.2. The Bertz CT molecular complexity index is 710. The highest BCUT2D eigenvalue weighted by Gasteiger charge is 2.32. The van der Waals surface area contributed by atoms with E-state index in [0.29, 0.717) is 38.6 Å². The molecule has 1 saturated carbocycles. The van der Waals surface area contributed by atoms with Crippen molar-refractivity contribution in [3.05, 3.63) is 34.4 Å². The van der Waals surface area contributed by atoms with E-state index in [1.54, 1.807) is 4.90 Å². The van der Waals surface area contributed by atoms with Crippen LogP contribution in [-0.4, -0.2) is 54.3 Å². The summed E-state index contributed by atoms with van der Waals surface area (Å²) in [6.07, 6.45) is 4.07. The predicted molar refractivity (Wildman–Crippen MR) is 103 cm³/mol. The lowest BCUT2D eigenvalue weighted by atomic mass is 9.85. The van der Waals surface area contributed by atoms with E-state index in [4.69, 9.17) is 14.2 Å². The number of non-ortho nitro benzene ring substituents is 1. The summed E-state index contributed by atoms with van der Waals surface area (Å²) in [6, 6.07) is 5.11. The maximum atomic E-state index is 12.9. The first kappa shape index (κ1) is 21.0. The number of morpholine rings is 1. The molecule has 1 atom stereocenters. The molecule has 29 heavy (non-hydrogen) atoms. The van der Waals surface area contributed by atoms with E-state index in [0.717, 1.165) is 25.7 Å². The Kier molecular flexibility index (Phi) is 7.40. The predicted octanol–water partition coefficient (Wildman–Crippen LogP) is 3.31. The summed E-state index contributed by atoms with van der Waals surface area (Å²) in [5, 5.41) is 10.7. The molecule has 0 radical (unpaired) electrons. The molecule has 0 bridgehead atoms. The van der Waals surface area contributed by atoms with Crippen LogP contribution < -0.4 is 4.74 Å². The molecule has 2 fully saturated rings. The van der Waals surface area contributed by atoms with Crippen molar-refractivity contribution in [1.82, 2.24) is 4.90 Å². The van der Waals surface area contributed by atoms with Gasteiger partial charge < -0.3 is 19.1 Å². The minimum atomic E-state index is -0.985. The molecule has 158 valence electrons. The lowest BCUT2D eigenvalue weighted by molar-refractivity contribution is -0.384. The van der Waals surface area contributed by atoms with E-state index in [9.17, 15) is 19.7 Å². The van der Waals surface area contributed by atoms with Crippen molar-refractivity contribution in [3.8, 4) is 5.75 Å². The summed E-state index contributed by atoms with van der Waals surface area (Å²) in [5.41, 5.74) is -0.108. The van der Waals surface area contributed by atoms with Crippen molar-refractivity contribution in [2.24, 2.45) is 5.92 Å². The van der Waals surface area contributed by atoms with Crippen molar-refractivity contribution in [2.75, 3.05) is 26.3 Å². The van der Waals surface area contributed by atoms with Gasteiger partial charge in [-0.05, 0) is 24.5 Å². The summed E-state index contributed by atoms with van der Waals surface area (Å²) < 4.78 is 15.8.